The van der Waals surface area contributed by atoms with Crippen molar-refractivity contribution in [3.8, 4) is 5.88 Å². The molecule has 2 N–H and O–H groups in total. The first kappa shape index (κ1) is 25.3. The Morgan fingerprint density at radius 3 is 2.87 bits per heavy atom. The average Bonchev–Trinajstić information content (AvgIpc) is 3.62. The number of hydrogen-bond donors (Lipinski definition) is 2. The van der Waals surface area contributed by atoms with Crippen molar-refractivity contribution >= 4 is 28.3 Å². The van der Waals surface area contributed by atoms with Crippen LogP contribution in [0.1, 0.15) is 34.3 Å². The molecule has 1 unspecified atom stereocenters. The van der Waals surface area contributed by atoms with E-state index >= 15 is 0 Å². The van der Waals surface area contributed by atoms with E-state index in [0.29, 0.717) is 22.6 Å². The molecule has 0 bridgehead atoms. The van der Waals surface area contributed by atoms with E-state index in [1.807, 2.05) is 54.3 Å². The van der Waals surface area contributed by atoms with Gasteiger partial charge in [0.15, 0.2) is 0 Å². The number of pyridine rings is 2. The van der Waals surface area contributed by atoms with Gasteiger partial charge in [-0.15, -0.1) is 0 Å². The molecule has 2 aliphatic heterocycles. The summed E-state index contributed by atoms with van der Waals surface area (Å²) < 4.78 is 7.44. The first-order valence-electron chi connectivity index (χ1n) is 13.5. The van der Waals surface area contributed by atoms with Gasteiger partial charge < -0.3 is 20.1 Å². The fraction of sp³-hybridized carbons (Fsp3) is 0.379. The van der Waals surface area contributed by atoms with E-state index in [0.717, 1.165) is 75.3 Å². The Kier molecular flexibility index (Phi) is 7.12. The van der Waals surface area contributed by atoms with Gasteiger partial charge in [0.1, 0.15) is 5.82 Å². The lowest BCUT2D eigenvalue weighted by atomic mass is 10.1. The van der Waals surface area contributed by atoms with Crippen molar-refractivity contribution in [3.63, 3.8) is 0 Å². The number of amides is 1. The molecule has 1 amide bonds. The Balaban J connectivity index is 1.31. The molecular weight excluding hydrogens is 494 g/mol. The lowest BCUT2D eigenvalue weighted by molar-refractivity contribution is 0.0341. The van der Waals surface area contributed by atoms with Crippen LogP contribution >= 0.6 is 0 Å². The Hall–Kier alpha value is -4.02. The highest BCUT2D eigenvalue weighted by molar-refractivity contribution is 6.08. The van der Waals surface area contributed by atoms with Crippen molar-refractivity contribution in [2.24, 2.45) is 0 Å². The third kappa shape index (κ3) is 5.57. The van der Waals surface area contributed by atoms with E-state index < -0.39 is 0 Å². The highest BCUT2D eigenvalue weighted by atomic mass is 16.5. The SMILES string of the molecule is Cc1cc(O)nc2ccc(NC(=O)c3cc(CN4CCOCC4)cnc3N3CCCC3Cn3cccn3)cc12. The molecule has 5 heterocycles. The minimum atomic E-state index is -0.199. The normalized spacial score (nSPS) is 18.1. The zero-order chi connectivity index (χ0) is 26.8. The summed E-state index contributed by atoms with van der Waals surface area (Å²) >= 11 is 0. The molecular formula is C29H33N7O3. The third-order valence-electron chi connectivity index (χ3n) is 7.54. The number of fused-ring (bicyclic) bond motifs is 1. The first-order chi connectivity index (χ1) is 19.0. The van der Waals surface area contributed by atoms with Crippen LogP contribution in [-0.4, -0.2) is 74.6 Å². The number of benzene rings is 1. The van der Waals surface area contributed by atoms with Crippen molar-refractivity contribution in [1.29, 1.82) is 0 Å². The van der Waals surface area contributed by atoms with E-state index in [1.54, 1.807) is 12.3 Å². The van der Waals surface area contributed by atoms with Gasteiger partial charge in [-0.2, -0.15) is 5.10 Å². The first-order valence-corrected chi connectivity index (χ1v) is 13.5. The second kappa shape index (κ2) is 11.0. The molecule has 39 heavy (non-hydrogen) atoms. The fourth-order valence-corrected chi connectivity index (χ4v) is 5.58. The number of nitrogens with one attached hydrogen (secondary N) is 1. The monoisotopic (exact) mass is 527 g/mol. The predicted octanol–water partition coefficient (Wildman–Crippen LogP) is 3.59. The molecule has 2 aliphatic rings. The van der Waals surface area contributed by atoms with Crippen LogP contribution in [0.2, 0.25) is 0 Å². The van der Waals surface area contributed by atoms with Crippen molar-refractivity contribution in [1.82, 2.24) is 24.6 Å². The van der Waals surface area contributed by atoms with Gasteiger partial charge in [0, 0.05) is 61.9 Å². The molecule has 202 valence electrons. The van der Waals surface area contributed by atoms with Crippen LogP contribution in [0.25, 0.3) is 10.9 Å². The number of aromatic hydroxyl groups is 1. The molecule has 10 heteroatoms. The number of morpholine rings is 1. The lowest BCUT2D eigenvalue weighted by Gasteiger charge is -2.29. The molecule has 1 atom stereocenters. The minimum absolute atomic E-state index is 0.0140. The topological polar surface area (TPSA) is 109 Å². The largest absolute Gasteiger partial charge is 0.493 e. The Labute approximate surface area is 227 Å². The van der Waals surface area contributed by atoms with Gasteiger partial charge in [-0.3, -0.25) is 14.4 Å². The summed E-state index contributed by atoms with van der Waals surface area (Å²) in [6.45, 7) is 7.38. The zero-order valence-electron chi connectivity index (χ0n) is 22.1. The Morgan fingerprint density at radius 2 is 2.05 bits per heavy atom. The van der Waals surface area contributed by atoms with E-state index in [4.69, 9.17) is 9.72 Å². The maximum Gasteiger partial charge on any atom is 0.259 e. The number of nitrogens with zero attached hydrogens (tertiary/aromatic N) is 6. The molecule has 0 spiro atoms. The second-order valence-electron chi connectivity index (χ2n) is 10.3. The predicted molar refractivity (Wildman–Crippen MR) is 149 cm³/mol. The highest BCUT2D eigenvalue weighted by Crippen LogP contribution is 2.30. The zero-order valence-corrected chi connectivity index (χ0v) is 22.1. The number of hydrogen-bond acceptors (Lipinski definition) is 8. The van der Waals surface area contributed by atoms with Gasteiger partial charge in [0.2, 0.25) is 5.88 Å². The summed E-state index contributed by atoms with van der Waals surface area (Å²) in [6, 6.07) is 11.3. The summed E-state index contributed by atoms with van der Waals surface area (Å²) in [4.78, 5) is 27.5. The van der Waals surface area contributed by atoms with E-state index in [9.17, 15) is 9.90 Å². The fourth-order valence-electron chi connectivity index (χ4n) is 5.58. The van der Waals surface area contributed by atoms with Crippen LogP contribution in [0.4, 0.5) is 11.5 Å². The lowest BCUT2D eigenvalue weighted by Crippen LogP contribution is -2.36. The average molecular weight is 528 g/mol. The van der Waals surface area contributed by atoms with Crippen molar-refractivity contribution < 1.29 is 14.6 Å². The summed E-state index contributed by atoms with van der Waals surface area (Å²) in [5.41, 5.74) is 3.81. The standard InChI is InChI=1S/C29H33N7O3/c1-20-14-27(37)33-26-6-5-22(16-24(20)26)32-29(38)25-15-21(18-34-10-12-39-13-11-34)17-30-28(25)36-9-2-4-23(36)19-35-8-3-7-31-35/h3,5-8,14-17,23H,2,4,9-13,18-19H2,1H3,(H,32,38)(H,33,37). The van der Waals surface area contributed by atoms with Crippen LogP contribution in [0.5, 0.6) is 5.88 Å². The molecule has 1 aromatic carbocycles. The van der Waals surface area contributed by atoms with Crippen molar-refractivity contribution in [2.75, 3.05) is 43.1 Å². The van der Waals surface area contributed by atoms with Crippen molar-refractivity contribution in [2.45, 2.75) is 38.9 Å². The number of anilines is 2. The van der Waals surface area contributed by atoms with Gasteiger partial charge in [-0.05, 0) is 61.2 Å². The van der Waals surface area contributed by atoms with E-state index in [-0.39, 0.29) is 17.8 Å². The van der Waals surface area contributed by atoms with Gasteiger partial charge >= 0.3 is 0 Å². The summed E-state index contributed by atoms with van der Waals surface area (Å²) in [5, 5.41) is 18.2. The number of aromatic nitrogens is 4. The number of aryl methyl sites for hydroxylation is 1. The molecule has 2 fully saturated rings. The van der Waals surface area contributed by atoms with Crippen LogP contribution in [0, 0.1) is 6.92 Å². The maximum absolute atomic E-state index is 13.9. The van der Waals surface area contributed by atoms with Gasteiger partial charge in [-0.25, -0.2) is 9.97 Å². The molecule has 2 saturated heterocycles. The van der Waals surface area contributed by atoms with Crippen LogP contribution in [0.15, 0.2) is 55.0 Å². The van der Waals surface area contributed by atoms with Crippen molar-refractivity contribution in [3.05, 3.63) is 71.7 Å². The minimum Gasteiger partial charge on any atom is -0.493 e. The molecule has 6 rings (SSSR count). The maximum atomic E-state index is 13.9. The number of ether oxygens (including phenoxy) is 1. The van der Waals surface area contributed by atoms with Gasteiger partial charge in [-0.1, -0.05) is 0 Å². The Bertz CT molecular complexity index is 1470. The number of rotatable bonds is 7. The van der Waals surface area contributed by atoms with E-state index in [2.05, 4.69) is 25.2 Å². The van der Waals surface area contributed by atoms with Gasteiger partial charge in [0.05, 0.1) is 36.9 Å². The summed E-state index contributed by atoms with van der Waals surface area (Å²) in [7, 11) is 0. The Morgan fingerprint density at radius 1 is 1.18 bits per heavy atom. The summed E-state index contributed by atoms with van der Waals surface area (Å²) in [5.74, 6) is 0.492. The van der Waals surface area contributed by atoms with E-state index in [1.165, 1.54) is 0 Å². The molecule has 0 radical (unpaired) electrons. The molecule has 10 nitrogen and oxygen atoms in total. The highest BCUT2D eigenvalue weighted by Gasteiger charge is 2.30. The van der Waals surface area contributed by atoms with Crippen LogP contribution < -0.4 is 10.2 Å². The summed E-state index contributed by atoms with van der Waals surface area (Å²) in [6.07, 6.45) is 7.72. The quantitative estimate of drug-likeness (QED) is 0.375. The van der Waals surface area contributed by atoms with Crippen LogP contribution in [0.3, 0.4) is 0 Å². The molecule has 0 saturated carbocycles. The second-order valence-corrected chi connectivity index (χ2v) is 10.3. The number of carbonyl (C=O) groups is 1. The number of carbonyl (C=O) groups excluding carboxylic acids is 1. The molecule has 4 aromatic rings. The van der Waals surface area contributed by atoms with Crippen LogP contribution in [-0.2, 0) is 17.8 Å². The molecule has 0 aliphatic carbocycles. The smallest absolute Gasteiger partial charge is 0.259 e. The molecule has 3 aromatic heterocycles. The third-order valence-corrected chi connectivity index (χ3v) is 7.54. The van der Waals surface area contributed by atoms with Gasteiger partial charge in [0.25, 0.3) is 5.91 Å².